The lowest BCUT2D eigenvalue weighted by Gasteiger charge is -2.21. The molecule has 3 aromatic rings. The van der Waals surface area contributed by atoms with Crippen LogP contribution in [0.3, 0.4) is 0 Å². The van der Waals surface area contributed by atoms with Crippen LogP contribution in [0.5, 0.6) is 0 Å². The molecule has 0 amide bonds. The third kappa shape index (κ3) is 3.25. The van der Waals surface area contributed by atoms with Crippen LogP contribution in [0.25, 0.3) is 17.3 Å². The Bertz CT molecular complexity index is 765. The lowest BCUT2D eigenvalue weighted by atomic mass is 10.1. The van der Waals surface area contributed by atoms with E-state index < -0.39 is 0 Å². The molecule has 1 saturated heterocycles. The monoisotopic (exact) mass is 341 g/mol. The van der Waals surface area contributed by atoms with Gasteiger partial charge in [0.25, 0.3) is 0 Å². The average molecular weight is 341 g/mol. The van der Waals surface area contributed by atoms with Crippen molar-refractivity contribution >= 4 is 11.8 Å². The van der Waals surface area contributed by atoms with E-state index in [0.29, 0.717) is 11.9 Å². The Morgan fingerprint density at radius 2 is 2.00 bits per heavy atom. The number of hydrogen-bond acceptors (Lipinski definition) is 5. The zero-order valence-electron chi connectivity index (χ0n) is 13.3. The van der Waals surface area contributed by atoms with E-state index >= 15 is 0 Å². The number of benzene rings is 1. The van der Waals surface area contributed by atoms with Crippen LogP contribution in [-0.4, -0.2) is 33.2 Å². The molecule has 0 unspecified atom stereocenters. The number of rotatable bonds is 5. The molecule has 4 rings (SSSR count). The normalized spacial score (nSPS) is 17.9. The Kier molecular flexibility index (Phi) is 4.66. The highest BCUT2D eigenvalue weighted by Crippen LogP contribution is 2.29. The smallest absolute Gasteiger partial charge is 0.205 e. The van der Waals surface area contributed by atoms with Crippen molar-refractivity contribution in [2.45, 2.75) is 30.5 Å². The Balaban J connectivity index is 1.64. The summed E-state index contributed by atoms with van der Waals surface area (Å²) < 4.78 is 13.4. The summed E-state index contributed by atoms with van der Waals surface area (Å²) in [6.45, 7) is 0.869. The molecule has 124 valence electrons. The van der Waals surface area contributed by atoms with Crippen molar-refractivity contribution in [3.8, 4) is 17.3 Å². The van der Waals surface area contributed by atoms with Crippen LogP contribution in [0.1, 0.15) is 19.3 Å². The molecule has 0 aliphatic carbocycles. The van der Waals surface area contributed by atoms with Gasteiger partial charge in [0.05, 0.1) is 12.4 Å². The molecule has 0 N–H and O–H groups in total. The van der Waals surface area contributed by atoms with Gasteiger partial charge in [-0.15, -0.1) is 10.2 Å². The van der Waals surface area contributed by atoms with Crippen LogP contribution < -0.4 is 0 Å². The molecule has 2 aromatic heterocycles. The van der Waals surface area contributed by atoms with Gasteiger partial charge in [0.1, 0.15) is 0 Å². The maximum absolute atomic E-state index is 5.83. The van der Waals surface area contributed by atoms with Crippen molar-refractivity contribution in [2.75, 3.05) is 12.4 Å². The Morgan fingerprint density at radius 3 is 2.75 bits per heavy atom. The van der Waals surface area contributed by atoms with E-state index in [1.54, 1.807) is 18.0 Å². The van der Waals surface area contributed by atoms with Crippen LogP contribution >= 0.6 is 11.8 Å². The number of para-hydroxylation sites is 1. The summed E-state index contributed by atoms with van der Waals surface area (Å²) in [6.07, 6.45) is 5.49. The summed E-state index contributed by atoms with van der Waals surface area (Å²) in [7, 11) is 0. The van der Waals surface area contributed by atoms with Crippen LogP contribution in [-0.2, 0) is 4.74 Å². The first kappa shape index (κ1) is 15.5. The van der Waals surface area contributed by atoms with Crippen LogP contribution in [0, 0.1) is 0 Å². The SMILES string of the molecule is c1ccc(-n2c(SC[C@@H]3CCCCO3)nnc2-c2ccco2)cc1. The van der Waals surface area contributed by atoms with Crippen molar-refractivity contribution in [3.63, 3.8) is 0 Å². The van der Waals surface area contributed by atoms with Crippen LogP contribution in [0.4, 0.5) is 0 Å². The molecular formula is C18H19N3O2S. The van der Waals surface area contributed by atoms with E-state index in [2.05, 4.69) is 22.3 Å². The molecule has 24 heavy (non-hydrogen) atoms. The summed E-state index contributed by atoms with van der Waals surface area (Å²) in [6, 6.07) is 13.9. The molecule has 0 saturated carbocycles. The fourth-order valence-electron chi connectivity index (χ4n) is 2.84. The fourth-order valence-corrected chi connectivity index (χ4v) is 3.86. The highest BCUT2D eigenvalue weighted by molar-refractivity contribution is 7.99. The minimum absolute atomic E-state index is 0.303. The maximum Gasteiger partial charge on any atom is 0.205 e. The van der Waals surface area contributed by atoms with Crippen molar-refractivity contribution in [1.82, 2.24) is 14.8 Å². The summed E-state index contributed by atoms with van der Waals surface area (Å²) in [4.78, 5) is 0. The average Bonchev–Trinajstić information content (AvgIpc) is 3.31. The molecule has 5 nitrogen and oxygen atoms in total. The third-order valence-corrected chi connectivity index (χ3v) is 5.12. The zero-order valence-corrected chi connectivity index (χ0v) is 14.1. The Labute approximate surface area is 145 Å². The maximum atomic E-state index is 5.83. The molecule has 1 aromatic carbocycles. The second kappa shape index (κ2) is 7.23. The van der Waals surface area contributed by atoms with Crippen molar-refractivity contribution in [2.24, 2.45) is 0 Å². The summed E-state index contributed by atoms with van der Waals surface area (Å²) in [5.41, 5.74) is 1.03. The van der Waals surface area contributed by atoms with Crippen LogP contribution in [0.15, 0.2) is 58.3 Å². The molecule has 3 heterocycles. The third-order valence-electron chi connectivity index (χ3n) is 4.06. The van der Waals surface area contributed by atoms with E-state index in [1.165, 1.54) is 12.8 Å². The first-order chi connectivity index (χ1) is 11.9. The largest absolute Gasteiger partial charge is 0.461 e. The first-order valence-electron chi connectivity index (χ1n) is 8.21. The number of ether oxygens (including phenoxy) is 1. The van der Waals surface area contributed by atoms with E-state index in [9.17, 15) is 0 Å². The molecule has 1 fully saturated rings. The second-order valence-corrected chi connectivity index (χ2v) is 6.74. The van der Waals surface area contributed by atoms with Crippen molar-refractivity contribution in [1.29, 1.82) is 0 Å². The lowest BCUT2D eigenvalue weighted by Crippen LogP contribution is -2.21. The van der Waals surface area contributed by atoms with E-state index in [0.717, 1.165) is 35.4 Å². The standard InChI is InChI=1S/C18H19N3O2S/c1-2-7-14(8-3-1)21-17(16-10-6-12-23-16)19-20-18(21)24-13-15-9-4-5-11-22-15/h1-3,6-8,10,12,15H,4-5,9,11,13H2/t15-/m0/s1. The van der Waals surface area contributed by atoms with Gasteiger partial charge in [-0.05, 0) is 43.5 Å². The highest BCUT2D eigenvalue weighted by atomic mass is 32.2. The molecular weight excluding hydrogens is 322 g/mol. The van der Waals surface area contributed by atoms with E-state index in [4.69, 9.17) is 9.15 Å². The van der Waals surface area contributed by atoms with Gasteiger partial charge in [-0.3, -0.25) is 4.57 Å². The lowest BCUT2D eigenvalue weighted by molar-refractivity contribution is 0.0315. The minimum Gasteiger partial charge on any atom is -0.461 e. The van der Waals surface area contributed by atoms with Gasteiger partial charge in [-0.1, -0.05) is 30.0 Å². The topological polar surface area (TPSA) is 53.1 Å². The van der Waals surface area contributed by atoms with Crippen molar-refractivity contribution < 1.29 is 9.15 Å². The number of hydrogen-bond donors (Lipinski definition) is 0. The Morgan fingerprint density at radius 1 is 1.08 bits per heavy atom. The van der Waals surface area contributed by atoms with Gasteiger partial charge in [0.2, 0.25) is 5.82 Å². The zero-order chi connectivity index (χ0) is 16.2. The molecule has 0 radical (unpaired) electrons. The summed E-state index contributed by atoms with van der Waals surface area (Å²) in [5, 5.41) is 9.61. The van der Waals surface area contributed by atoms with E-state index in [1.807, 2.05) is 34.9 Å². The second-order valence-electron chi connectivity index (χ2n) is 5.75. The van der Waals surface area contributed by atoms with Gasteiger partial charge in [-0.25, -0.2) is 0 Å². The first-order valence-corrected chi connectivity index (χ1v) is 9.19. The van der Waals surface area contributed by atoms with Gasteiger partial charge in [0, 0.05) is 18.0 Å². The molecule has 1 aliphatic heterocycles. The highest BCUT2D eigenvalue weighted by Gasteiger charge is 2.20. The number of thioether (sulfide) groups is 1. The van der Waals surface area contributed by atoms with Crippen molar-refractivity contribution in [3.05, 3.63) is 48.7 Å². The predicted octanol–water partition coefficient (Wildman–Crippen LogP) is 4.19. The quantitative estimate of drug-likeness (QED) is 0.651. The Hall–Kier alpha value is -2.05. The minimum atomic E-state index is 0.303. The number of nitrogens with zero attached hydrogens (tertiary/aromatic N) is 3. The van der Waals surface area contributed by atoms with Gasteiger partial charge in [0.15, 0.2) is 10.9 Å². The van der Waals surface area contributed by atoms with Gasteiger partial charge >= 0.3 is 0 Å². The number of furan rings is 1. The summed E-state index contributed by atoms with van der Waals surface area (Å²) in [5.74, 6) is 2.33. The summed E-state index contributed by atoms with van der Waals surface area (Å²) >= 11 is 1.69. The van der Waals surface area contributed by atoms with Crippen LogP contribution in [0.2, 0.25) is 0 Å². The molecule has 0 spiro atoms. The molecule has 0 bridgehead atoms. The predicted molar refractivity (Wildman–Crippen MR) is 93.4 cm³/mol. The molecule has 1 atom stereocenters. The molecule has 6 heteroatoms. The fraction of sp³-hybridized carbons (Fsp3) is 0.333. The molecule has 1 aliphatic rings. The van der Waals surface area contributed by atoms with Gasteiger partial charge in [-0.2, -0.15) is 0 Å². The van der Waals surface area contributed by atoms with Gasteiger partial charge < -0.3 is 9.15 Å². The number of aromatic nitrogens is 3. The van der Waals surface area contributed by atoms with E-state index in [-0.39, 0.29) is 0 Å².